The van der Waals surface area contributed by atoms with Crippen molar-refractivity contribution < 1.29 is 4.39 Å². The Morgan fingerprint density at radius 2 is 2.31 bits per heavy atom. The van der Waals surface area contributed by atoms with E-state index >= 15 is 0 Å². The molecule has 0 aromatic rings. The summed E-state index contributed by atoms with van der Waals surface area (Å²) >= 11 is 2.05. The van der Waals surface area contributed by atoms with Crippen molar-refractivity contribution in [1.29, 1.82) is 0 Å². The predicted octanol–water partition coefficient (Wildman–Crippen LogP) is 2.61. The molecular weight excluding hydrogens is 185 g/mol. The highest BCUT2D eigenvalue weighted by Crippen LogP contribution is 2.29. The van der Waals surface area contributed by atoms with Crippen molar-refractivity contribution in [2.45, 2.75) is 43.9 Å². The largest absolute Gasteiger partial charge is 0.313 e. The molecule has 3 heteroatoms. The highest BCUT2D eigenvalue weighted by Gasteiger charge is 2.25. The zero-order valence-corrected chi connectivity index (χ0v) is 9.21. The number of thioether (sulfide) groups is 1. The summed E-state index contributed by atoms with van der Waals surface area (Å²) in [5.41, 5.74) is 0. The van der Waals surface area contributed by atoms with Gasteiger partial charge in [0.25, 0.3) is 0 Å². The molecule has 0 aromatic carbocycles. The summed E-state index contributed by atoms with van der Waals surface area (Å²) in [7, 11) is 0. The molecule has 0 amide bonds. The molecule has 0 radical (unpaired) electrons. The normalized spacial score (nSPS) is 28.2. The second kappa shape index (κ2) is 6.66. The van der Waals surface area contributed by atoms with Crippen LogP contribution < -0.4 is 5.32 Å². The van der Waals surface area contributed by atoms with Crippen LogP contribution in [0.2, 0.25) is 0 Å². The smallest absolute Gasteiger partial charge is 0.0906 e. The van der Waals surface area contributed by atoms with Crippen molar-refractivity contribution >= 4 is 11.8 Å². The summed E-state index contributed by atoms with van der Waals surface area (Å²) in [6, 6.07) is 0.650. The van der Waals surface area contributed by atoms with E-state index in [0.717, 1.165) is 11.8 Å². The number of nitrogens with one attached hydrogen (secondary N) is 1. The molecule has 0 spiro atoms. The van der Waals surface area contributed by atoms with Gasteiger partial charge >= 0.3 is 0 Å². The van der Waals surface area contributed by atoms with Crippen LogP contribution >= 0.6 is 11.8 Å². The second-order valence-electron chi connectivity index (χ2n) is 3.53. The maximum Gasteiger partial charge on any atom is 0.0906 e. The average molecular weight is 205 g/mol. The number of hydrogen-bond donors (Lipinski definition) is 1. The molecule has 13 heavy (non-hydrogen) atoms. The van der Waals surface area contributed by atoms with E-state index in [2.05, 4.69) is 12.2 Å². The van der Waals surface area contributed by atoms with Gasteiger partial charge in [-0.25, -0.2) is 0 Å². The Bertz CT molecular complexity index is 132. The van der Waals surface area contributed by atoms with E-state index in [1.807, 2.05) is 11.8 Å². The average Bonchev–Trinajstić information content (AvgIpc) is 2.54. The fraction of sp³-hybridized carbons (Fsp3) is 1.00. The first-order valence-electron chi connectivity index (χ1n) is 5.29. The maximum absolute atomic E-state index is 11.9. The van der Waals surface area contributed by atoms with Gasteiger partial charge < -0.3 is 5.32 Å². The number of rotatable bonds is 6. The molecule has 1 fully saturated rings. The molecule has 0 aromatic heterocycles. The summed E-state index contributed by atoms with van der Waals surface area (Å²) in [5.74, 6) is 1.20. The molecule has 1 aliphatic rings. The first kappa shape index (κ1) is 11.3. The van der Waals surface area contributed by atoms with Crippen LogP contribution in [0, 0.1) is 0 Å². The molecule has 0 saturated heterocycles. The lowest BCUT2D eigenvalue weighted by molar-refractivity contribution is 0.439. The van der Waals surface area contributed by atoms with Crippen LogP contribution in [-0.2, 0) is 0 Å². The SMILES string of the molecule is CCS[C@@H]1CCC[C@H]1NCCCF. The van der Waals surface area contributed by atoms with E-state index in [1.54, 1.807) is 0 Å². The third kappa shape index (κ3) is 3.86. The van der Waals surface area contributed by atoms with Gasteiger partial charge in [0, 0.05) is 11.3 Å². The second-order valence-corrected chi connectivity index (χ2v) is 5.04. The maximum atomic E-state index is 11.9. The fourth-order valence-electron chi connectivity index (χ4n) is 1.93. The fourth-order valence-corrected chi connectivity index (χ4v) is 3.15. The summed E-state index contributed by atoms with van der Waals surface area (Å²) in [6.45, 7) is 2.87. The van der Waals surface area contributed by atoms with Crippen molar-refractivity contribution in [1.82, 2.24) is 5.32 Å². The van der Waals surface area contributed by atoms with E-state index in [0.29, 0.717) is 12.5 Å². The minimum Gasteiger partial charge on any atom is -0.313 e. The van der Waals surface area contributed by atoms with Gasteiger partial charge in [-0.3, -0.25) is 4.39 Å². The third-order valence-corrected chi connectivity index (χ3v) is 3.88. The van der Waals surface area contributed by atoms with Gasteiger partial charge in [0.15, 0.2) is 0 Å². The van der Waals surface area contributed by atoms with Crippen LogP contribution in [0.1, 0.15) is 32.6 Å². The Labute approximate surface area is 84.9 Å². The van der Waals surface area contributed by atoms with Crippen molar-refractivity contribution in [2.75, 3.05) is 19.0 Å². The third-order valence-electron chi connectivity index (χ3n) is 2.55. The molecule has 0 heterocycles. The Morgan fingerprint density at radius 1 is 1.46 bits per heavy atom. The van der Waals surface area contributed by atoms with Gasteiger partial charge in [0.05, 0.1) is 6.67 Å². The molecule has 1 nitrogen and oxygen atoms in total. The van der Waals surface area contributed by atoms with Crippen LogP contribution in [0.3, 0.4) is 0 Å². The van der Waals surface area contributed by atoms with Crippen LogP contribution in [0.4, 0.5) is 4.39 Å². The van der Waals surface area contributed by atoms with Crippen molar-refractivity contribution in [3.05, 3.63) is 0 Å². The standard InChI is InChI=1S/C10H20FNS/c1-2-13-10-6-3-5-9(10)12-8-4-7-11/h9-10,12H,2-8H2,1H3/t9-,10-/m1/s1. The van der Waals surface area contributed by atoms with Crippen LogP contribution in [-0.4, -0.2) is 30.3 Å². The summed E-state index contributed by atoms with van der Waals surface area (Å²) in [5, 5.41) is 4.24. The number of alkyl halides is 1. The minimum atomic E-state index is -0.189. The molecule has 0 aliphatic heterocycles. The highest BCUT2D eigenvalue weighted by atomic mass is 32.2. The predicted molar refractivity (Wildman–Crippen MR) is 58.2 cm³/mol. The highest BCUT2D eigenvalue weighted by molar-refractivity contribution is 7.99. The molecule has 1 aliphatic carbocycles. The molecule has 0 unspecified atom stereocenters. The molecule has 0 bridgehead atoms. The Hall–Kier alpha value is 0.240. The summed E-state index contributed by atoms with van der Waals surface area (Å²) in [6.07, 6.45) is 4.63. The molecule has 1 saturated carbocycles. The van der Waals surface area contributed by atoms with Gasteiger partial charge in [-0.05, 0) is 31.6 Å². The van der Waals surface area contributed by atoms with Gasteiger partial charge in [-0.1, -0.05) is 13.3 Å². The van der Waals surface area contributed by atoms with E-state index in [1.165, 1.54) is 25.0 Å². The van der Waals surface area contributed by atoms with Gasteiger partial charge in [-0.15, -0.1) is 0 Å². The monoisotopic (exact) mass is 205 g/mol. The molecular formula is C10H20FNS. The zero-order chi connectivity index (χ0) is 9.52. The summed E-state index contributed by atoms with van der Waals surface area (Å²) < 4.78 is 11.9. The molecule has 78 valence electrons. The Morgan fingerprint density at radius 3 is 3.00 bits per heavy atom. The van der Waals surface area contributed by atoms with Crippen molar-refractivity contribution in [2.24, 2.45) is 0 Å². The lowest BCUT2D eigenvalue weighted by Crippen LogP contribution is -2.35. The summed E-state index contributed by atoms with van der Waals surface area (Å²) in [4.78, 5) is 0. The topological polar surface area (TPSA) is 12.0 Å². The zero-order valence-electron chi connectivity index (χ0n) is 8.39. The van der Waals surface area contributed by atoms with E-state index in [-0.39, 0.29) is 6.67 Å². The molecule has 1 N–H and O–H groups in total. The van der Waals surface area contributed by atoms with Gasteiger partial charge in [0.1, 0.15) is 0 Å². The van der Waals surface area contributed by atoms with Crippen molar-refractivity contribution in [3.8, 4) is 0 Å². The minimum absolute atomic E-state index is 0.189. The van der Waals surface area contributed by atoms with Crippen molar-refractivity contribution in [3.63, 3.8) is 0 Å². The quantitative estimate of drug-likeness (QED) is 0.669. The molecule has 1 rings (SSSR count). The van der Waals surface area contributed by atoms with Crippen LogP contribution in [0.15, 0.2) is 0 Å². The van der Waals surface area contributed by atoms with E-state index in [4.69, 9.17) is 0 Å². The molecule has 2 atom stereocenters. The van der Waals surface area contributed by atoms with Gasteiger partial charge in [0.2, 0.25) is 0 Å². The lowest BCUT2D eigenvalue weighted by atomic mass is 10.2. The first-order chi connectivity index (χ1) is 6.38. The van der Waals surface area contributed by atoms with Gasteiger partial charge in [-0.2, -0.15) is 11.8 Å². The van der Waals surface area contributed by atoms with E-state index < -0.39 is 0 Å². The van der Waals surface area contributed by atoms with Crippen LogP contribution in [0.5, 0.6) is 0 Å². The Balaban J connectivity index is 2.15. The number of halogens is 1. The Kier molecular flexibility index (Phi) is 5.80. The van der Waals surface area contributed by atoms with Crippen LogP contribution in [0.25, 0.3) is 0 Å². The lowest BCUT2D eigenvalue weighted by Gasteiger charge is -2.19. The number of hydrogen-bond acceptors (Lipinski definition) is 2. The van der Waals surface area contributed by atoms with E-state index in [9.17, 15) is 4.39 Å². The first-order valence-corrected chi connectivity index (χ1v) is 6.34.